The van der Waals surface area contributed by atoms with E-state index in [-0.39, 0.29) is 11.9 Å². The molecule has 1 atom stereocenters. The van der Waals surface area contributed by atoms with Crippen LogP contribution in [0.1, 0.15) is 28.9 Å². The van der Waals surface area contributed by atoms with Crippen molar-refractivity contribution in [2.75, 3.05) is 25.9 Å². The lowest BCUT2D eigenvalue weighted by atomic mass is 10.0. The number of likely N-dealkylation sites (tertiary alicyclic amines) is 1. The molecule has 1 amide bonds. The lowest BCUT2D eigenvalue weighted by Gasteiger charge is -2.24. The van der Waals surface area contributed by atoms with E-state index < -0.39 is 0 Å². The minimum absolute atomic E-state index is 0.141. The molecule has 1 aliphatic heterocycles. The molecule has 7 nitrogen and oxygen atoms in total. The van der Waals surface area contributed by atoms with Gasteiger partial charge in [0.1, 0.15) is 17.2 Å². The number of likely N-dealkylation sites (N-methyl/N-ethyl adjacent to an activating group) is 1. The van der Waals surface area contributed by atoms with Crippen molar-refractivity contribution in [2.45, 2.75) is 39.3 Å². The predicted octanol–water partition coefficient (Wildman–Crippen LogP) is 2.70. The number of aryl methyl sites for hydroxylation is 2. The fourth-order valence-corrected chi connectivity index (χ4v) is 3.97. The van der Waals surface area contributed by atoms with Gasteiger partial charge in [0.25, 0.3) is 0 Å². The molecule has 3 heterocycles. The first-order valence-corrected chi connectivity index (χ1v) is 9.94. The highest BCUT2D eigenvalue weighted by Crippen LogP contribution is 2.27. The lowest BCUT2D eigenvalue weighted by Crippen LogP contribution is -2.37. The van der Waals surface area contributed by atoms with Gasteiger partial charge >= 0.3 is 0 Å². The van der Waals surface area contributed by atoms with Crippen molar-refractivity contribution < 1.29 is 9.21 Å². The summed E-state index contributed by atoms with van der Waals surface area (Å²) in [6, 6.07) is 6.10. The molecule has 0 aliphatic carbocycles. The number of nitrogens with two attached hydrogens (primary N) is 1. The summed E-state index contributed by atoms with van der Waals surface area (Å²) in [5, 5.41) is 1.04. The molecule has 4 rings (SSSR count). The Labute approximate surface area is 170 Å². The normalized spacial score (nSPS) is 16.8. The van der Waals surface area contributed by atoms with Crippen LogP contribution in [0.5, 0.6) is 0 Å². The van der Waals surface area contributed by atoms with Crippen molar-refractivity contribution in [3.05, 3.63) is 53.2 Å². The molecule has 3 aromatic rings. The summed E-state index contributed by atoms with van der Waals surface area (Å²) in [6.07, 6.45) is 4.71. The number of aromatic nitrogens is 2. The van der Waals surface area contributed by atoms with Crippen LogP contribution < -0.4 is 5.73 Å². The van der Waals surface area contributed by atoms with Crippen LogP contribution >= 0.6 is 0 Å². The van der Waals surface area contributed by atoms with E-state index in [9.17, 15) is 4.79 Å². The number of anilines is 1. The summed E-state index contributed by atoms with van der Waals surface area (Å²) < 4.78 is 5.76. The van der Waals surface area contributed by atoms with Crippen molar-refractivity contribution in [3.8, 4) is 0 Å². The summed E-state index contributed by atoms with van der Waals surface area (Å²) in [6.45, 7) is 6.21. The summed E-state index contributed by atoms with van der Waals surface area (Å²) in [4.78, 5) is 25.6. The van der Waals surface area contributed by atoms with Gasteiger partial charge in [-0.3, -0.25) is 9.69 Å². The number of amides is 1. The molecule has 1 fully saturated rings. The Morgan fingerprint density at radius 3 is 2.97 bits per heavy atom. The van der Waals surface area contributed by atoms with Crippen LogP contribution in [0.25, 0.3) is 11.0 Å². The zero-order valence-corrected chi connectivity index (χ0v) is 17.2. The maximum atomic E-state index is 12.9. The molecule has 7 heteroatoms. The van der Waals surface area contributed by atoms with E-state index in [0.717, 1.165) is 35.1 Å². The number of rotatable bonds is 5. The summed E-state index contributed by atoms with van der Waals surface area (Å²) in [5.41, 5.74) is 9.91. The molecule has 1 aromatic carbocycles. The van der Waals surface area contributed by atoms with Crippen LogP contribution in [0.15, 0.2) is 35.1 Å². The minimum Gasteiger partial charge on any atom is -0.464 e. The van der Waals surface area contributed by atoms with Crippen molar-refractivity contribution in [2.24, 2.45) is 0 Å². The predicted molar refractivity (Wildman–Crippen MR) is 112 cm³/mol. The number of carbonyl (C=O) groups is 1. The Morgan fingerprint density at radius 1 is 1.34 bits per heavy atom. The molecule has 0 saturated carbocycles. The molecule has 152 valence electrons. The van der Waals surface area contributed by atoms with Gasteiger partial charge in [-0.1, -0.05) is 12.1 Å². The van der Waals surface area contributed by atoms with Crippen molar-refractivity contribution in [3.63, 3.8) is 0 Å². The van der Waals surface area contributed by atoms with E-state index in [0.29, 0.717) is 31.2 Å². The highest BCUT2D eigenvalue weighted by atomic mass is 16.3. The van der Waals surface area contributed by atoms with Crippen LogP contribution in [0.2, 0.25) is 0 Å². The van der Waals surface area contributed by atoms with Crippen LogP contribution in [0.3, 0.4) is 0 Å². The number of hydrogen-bond donors (Lipinski definition) is 1. The Balaban J connectivity index is 1.39. The maximum absolute atomic E-state index is 12.9. The molecule has 0 spiro atoms. The first kappa shape index (κ1) is 19.4. The minimum atomic E-state index is 0.141. The first-order chi connectivity index (χ1) is 13.9. The largest absolute Gasteiger partial charge is 0.464 e. The van der Waals surface area contributed by atoms with Gasteiger partial charge in [-0.2, -0.15) is 0 Å². The Morgan fingerprint density at radius 2 is 2.17 bits per heavy atom. The van der Waals surface area contributed by atoms with Crippen molar-refractivity contribution in [1.29, 1.82) is 0 Å². The van der Waals surface area contributed by atoms with Gasteiger partial charge < -0.3 is 15.1 Å². The van der Waals surface area contributed by atoms with Gasteiger partial charge in [-0.05, 0) is 44.5 Å². The Kier molecular flexibility index (Phi) is 5.24. The first-order valence-electron chi connectivity index (χ1n) is 9.94. The third kappa shape index (κ3) is 3.96. The number of nitrogens with zero attached hydrogens (tertiary/aromatic N) is 4. The van der Waals surface area contributed by atoms with E-state index in [4.69, 9.17) is 10.2 Å². The van der Waals surface area contributed by atoms with E-state index in [1.807, 2.05) is 11.9 Å². The van der Waals surface area contributed by atoms with Crippen LogP contribution in [0.4, 0.5) is 5.82 Å². The smallest absolute Gasteiger partial charge is 0.227 e. The molecule has 1 aliphatic rings. The second-order valence-electron chi connectivity index (χ2n) is 7.92. The standard InChI is InChI=1S/C22H27N5O2/c1-14-4-5-18-16(13-29-22(18)15(14)2)10-21(28)27-9-7-17(11-27)26(3)12-20-24-8-6-19(23)25-20/h4-6,8,13,17H,7,9-12H2,1-3H3,(H2,23,24,25)/t17-/m1/s1. The summed E-state index contributed by atoms with van der Waals surface area (Å²) in [5.74, 6) is 1.32. The van der Waals surface area contributed by atoms with Crippen LogP contribution in [0, 0.1) is 13.8 Å². The number of benzene rings is 1. The SMILES string of the molecule is Cc1ccc2c(CC(=O)N3CC[C@@H](N(C)Cc4nccc(N)n4)C3)coc2c1C. The molecule has 0 bridgehead atoms. The number of carbonyl (C=O) groups excluding carboxylic acids is 1. The number of hydrogen-bond acceptors (Lipinski definition) is 6. The molecule has 0 radical (unpaired) electrons. The summed E-state index contributed by atoms with van der Waals surface area (Å²) >= 11 is 0. The second-order valence-corrected chi connectivity index (χ2v) is 7.92. The van der Waals surface area contributed by atoms with Gasteiger partial charge in [-0.25, -0.2) is 9.97 Å². The number of nitrogen functional groups attached to an aromatic ring is 1. The van der Waals surface area contributed by atoms with Gasteiger partial charge in [-0.15, -0.1) is 0 Å². The molecular weight excluding hydrogens is 366 g/mol. The molecule has 2 aromatic heterocycles. The third-order valence-electron chi connectivity index (χ3n) is 5.94. The topological polar surface area (TPSA) is 88.5 Å². The maximum Gasteiger partial charge on any atom is 0.227 e. The average molecular weight is 393 g/mol. The zero-order chi connectivity index (χ0) is 20.5. The van der Waals surface area contributed by atoms with Gasteiger partial charge in [0.15, 0.2) is 0 Å². The number of furan rings is 1. The van der Waals surface area contributed by atoms with Crippen molar-refractivity contribution >= 4 is 22.7 Å². The lowest BCUT2D eigenvalue weighted by molar-refractivity contribution is -0.129. The zero-order valence-electron chi connectivity index (χ0n) is 17.2. The fourth-order valence-electron chi connectivity index (χ4n) is 3.97. The highest BCUT2D eigenvalue weighted by molar-refractivity contribution is 5.89. The van der Waals surface area contributed by atoms with Crippen molar-refractivity contribution in [1.82, 2.24) is 19.8 Å². The highest BCUT2D eigenvalue weighted by Gasteiger charge is 2.29. The van der Waals surface area contributed by atoms with E-state index >= 15 is 0 Å². The quantitative estimate of drug-likeness (QED) is 0.717. The van der Waals surface area contributed by atoms with E-state index in [1.54, 1.807) is 18.5 Å². The van der Waals surface area contributed by atoms with Gasteiger partial charge in [0.2, 0.25) is 5.91 Å². The molecule has 29 heavy (non-hydrogen) atoms. The fraction of sp³-hybridized carbons (Fsp3) is 0.409. The monoisotopic (exact) mass is 393 g/mol. The Bertz CT molecular complexity index is 1040. The van der Waals surface area contributed by atoms with Crippen LogP contribution in [-0.4, -0.2) is 51.9 Å². The molecule has 0 unspecified atom stereocenters. The molecule has 2 N–H and O–H groups in total. The van der Waals surface area contributed by atoms with Gasteiger partial charge in [0, 0.05) is 36.3 Å². The van der Waals surface area contributed by atoms with E-state index in [1.165, 1.54) is 5.56 Å². The Hall–Kier alpha value is -2.93. The molecular formula is C22H27N5O2. The second kappa shape index (κ2) is 7.83. The molecule has 1 saturated heterocycles. The number of fused-ring (bicyclic) bond motifs is 1. The van der Waals surface area contributed by atoms with Crippen LogP contribution in [-0.2, 0) is 17.8 Å². The average Bonchev–Trinajstić information content (AvgIpc) is 3.33. The van der Waals surface area contributed by atoms with Gasteiger partial charge in [0.05, 0.1) is 19.2 Å². The third-order valence-corrected chi connectivity index (χ3v) is 5.94. The summed E-state index contributed by atoms with van der Waals surface area (Å²) in [7, 11) is 2.04. The van der Waals surface area contributed by atoms with E-state index in [2.05, 4.69) is 40.8 Å².